The molecule has 1 N–H and O–H groups in total. The largest absolute Gasteiger partial charge is 0.493 e. The first-order valence-corrected chi connectivity index (χ1v) is 4.26. The normalized spacial score (nSPS) is 9.47. The molecular weight excluding hydrogens is 198 g/mol. The molecule has 0 unspecified atom stereocenters. The maximum atomic E-state index is 10.4. The fourth-order valence-corrected chi connectivity index (χ4v) is 1.06. The van der Waals surface area contributed by atoms with Crippen molar-refractivity contribution in [3.63, 3.8) is 0 Å². The number of carbonyl (C=O) groups is 1. The summed E-state index contributed by atoms with van der Waals surface area (Å²) in [6.07, 6.45) is 0. The molecule has 1 aromatic rings. The van der Waals surface area contributed by atoms with Crippen LogP contribution in [0, 0.1) is 0 Å². The summed E-state index contributed by atoms with van der Waals surface area (Å²) in [5.74, 6) is 0.799. The van der Waals surface area contributed by atoms with Gasteiger partial charge in [-0.05, 0) is 12.1 Å². The van der Waals surface area contributed by atoms with E-state index >= 15 is 0 Å². The highest BCUT2D eigenvalue weighted by Gasteiger charge is 2.05. The van der Waals surface area contributed by atoms with Gasteiger partial charge in [0.05, 0.1) is 14.2 Å². The third-order valence-corrected chi connectivity index (χ3v) is 1.72. The highest BCUT2D eigenvalue weighted by atomic mass is 16.5. The van der Waals surface area contributed by atoms with Gasteiger partial charge in [0.2, 0.25) is 0 Å². The minimum absolute atomic E-state index is 0.268. The summed E-state index contributed by atoms with van der Waals surface area (Å²) in [6.45, 7) is -0.268. The van der Waals surface area contributed by atoms with Crippen LogP contribution in [0.4, 0.5) is 0 Å². The predicted octanol–water partition coefficient (Wildman–Crippen LogP) is 0.892. The molecule has 0 aliphatic rings. The van der Waals surface area contributed by atoms with Gasteiger partial charge in [0, 0.05) is 6.07 Å². The molecule has 0 bridgehead atoms. The molecule has 81 valence electrons. The Hall–Kier alpha value is -1.91. The van der Waals surface area contributed by atoms with Crippen LogP contribution in [0.15, 0.2) is 18.2 Å². The third kappa shape index (κ3) is 3.05. The molecule has 0 spiro atoms. The van der Waals surface area contributed by atoms with E-state index in [0.717, 1.165) is 0 Å². The maximum Gasteiger partial charge on any atom is 0.276 e. The average Bonchev–Trinajstić information content (AvgIpc) is 2.25. The van der Waals surface area contributed by atoms with E-state index in [-0.39, 0.29) is 6.61 Å². The van der Waals surface area contributed by atoms with Crippen molar-refractivity contribution in [3.8, 4) is 17.2 Å². The van der Waals surface area contributed by atoms with Gasteiger partial charge in [0.1, 0.15) is 5.75 Å². The molecular formula is C10H12NO4. The molecule has 1 aromatic carbocycles. The second-order valence-electron chi connectivity index (χ2n) is 2.73. The lowest BCUT2D eigenvalue weighted by molar-refractivity contribution is -0.120. The number of rotatable bonds is 5. The highest BCUT2D eigenvalue weighted by Crippen LogP contribution is 2.30. The van der Waals surface area contributed by atoms with Gasteiger partial charge in [-0.25, -0.2) is 0 Å². The number of benzene rings is 1. The Bertz CT molecular complexity index is 351. The second-order valence-corrected chi connectivity index (χ2v) is 2.73. The van der Waals surface area contributed by atoms with E-state index in [9.17, 15) is 4.79 Å². The van der Waals surface area contributed by atoms with Gasteiger partial charge < -0.3 is 14.2 Å². The van der Waals surface area contributed by atoms with Crippen molar-refractivity contribution >= 4 is 5.91 Å². The van der Waals surface area contributed by atoms with Crippen LogP contribution in [0.2, 0.25) is 0 Å². The number of amides is 1. The zero-order valence-corrected chi connectivity index (χ0v) is 8.57. The van der Waals surface area contributed by atoms with E-state index in [0.29, 0.717) is 17.2 Å². The van der Waals surface area contributed by atoms with Crippen LogP contribution < -0.4 is 19.9 Å². The van der Waals surface area contributed by atoms with Crippen molar-refractivity contribution in [2.45, 2.75) is 0 Å². The lowest BCUT2D eigenvalue weighted by atomic mass is 10.3. The van der Waals surface area contributed by atoms with E-state index in [1.165, 1.54) is 14.2 Å². The van der Waals surface area contributed by atoms with Crippen molar-refractivity contribution in [2.24, 2.45) is 0 Å². The average molecular weight is 210 g/mol. The molecule has 1 rings (SSSR count). The van der Waals surface area contributed by atoms with Gasteiger partial charge in [0.15, 0.2) is 18.1 Å². The van der Waals surface area contributed by atoms with Crippen molar-refractivity contribution < 1.29 is 19.0 Å². The van der Waals surface area contributed by atoms with Crippen molar-refractivity contribution in [1.82, 2.24) is 5.73 Å². The smallest absolute Gasteiger partial charge is 0.276 e. The highest BCUT2D eigenvalue weighted by molar-refractivity contribution is 5.74. The fraction of sp³-hybridized carbons (Fsp3) is 0.300. The second kappa shape index (κ2) is 5.09. The minimum Gasteiger partial charge on any atom is -0.493 e. The topological polar surface area (TPSA) is 68.6 Å². The lowest BCUT2D eigenvalue weighted by Gasteiger charge is -2.09. The molecule has 1 amide bonds. The molecule has 15 heavy (non-hydrogen) atoms. The van der Waals surface area contributed by atoms with E-state index in [1.54, 1.807) is 18.2 Å². The minimum atomic E-state index is -0.773. The molecule has 5 heteroatoms. The quantitative estimate of drug-likeness (QED) is 0.723. The predicted molar refractivity (Wildman–Crippen MR) is 53.1 cm³/mol. The summed E-state index contributed by atoms with van der Waals surface area (Å²) in [4.78, 5) is 10.4. The Morgan fingerprint density at radius 3 is 2.47 bits per heavy atom. The van der Waals surface area contributed by atoms with Gasteiger partial charge in [-0.3, -0.25) is 10.5 Å². The zero-order valence-electron chi connectivity index (χ0n) is 8.57. The van der Waals surface area contributed by atoms with Crippen LogP contribution in [0.3, 0.4) is 0 Å². The van der Waals surface area contributed by atoms with Gasteiger partial charge in [-0.2, -0.15) is 0 Å². The molecule has 0 heterocycles. The van der Waals surface area contributed by atoms with Crippen molar-refractivity contribution in [3.05, 3.63) is 18.2 Å². The van der Waals surface area contributed by atoms with Gasteiger partial charge >= 0.3 is 0 Å². The Labute approximate surface area is 87.7 Å². The van der Waals surface area contributed by atoms with Crippen molar-refractivity contribution in [2.75, 3.05) is 20.8 Å². The number of nitrogens with one attached hydrogen (secondary N) is 1. The summed E-state index contributed by atoms with van der Waals surface area (Å²) in [5.41, 5.74) is 6.68. The van der Waals surface area contributed by atoms with Gasteiger partial charge in [0.25, 0.3) is 5.91 Å². The van der Waals surface area contributed by atoms with Crippen LogP contribution in [-0.4, -0.2) is 26.7 Å². The Kier molecular flexibility index (Phi) is 3.79. The number of ether oxygens (including phenoxy) is 3. The summed E-state index contributed by atoms with van der Waals surface area (Å²) in [5, 5.41) is 0. The molecule has 0 fully saturated rings. The number of hydrogen-bond acceptors (Lipinski definition) is 4. The molecule has 0 aliphatic heterocycles. The molecule has 0 atom stereocenters. The van der Waals surface area contributed by atoms with Crippen molar-refractivity contribution in [1.29, 1.82) is 0 Å². The van der Waals surface area contributed by atoms with E-state index in [1.807, 2.05) is 0 Å². The van der Waals surface area contributed by atoms with Crippen LogP contribution in [-0.2, 0) is 4.79 Å². The number of carbonyl (C=O) groups excluding carboxylic acids is 1. The zero-order chi connectivity index (χ0) is 11.3. The van der Waals surface area contributed by atoms with Crippen LogP contribution >= 0.6 is 0 Å². The number of methoxy groups -OCH3 is 2. The molecule has 1 radical (unpaired) electrons. The van der Waals surface area contributed by atoms with E-state index in [2.05, 4.69) is 0 Å². The summed E-state index contributed by atoms with van der Waals surface area (Å²) >= 11 is 0. The Morgan fingerprint density at radius 1 is 1.27 bits per heavy atom. The molecule has 0 saturated carbocycles. The summed E-state index contributed by atoms with van der Waals surface area (Å²) in [7, 11) is 3.04. The molecule has 5 nitrogen and oxygen atoms in total. The van der Waals surface area contributed by atoms with Crippen LogP contribution in [0.1, 0.15) is 0 Å². The maximum absolute atomic E-state index is 10.4. The lowest BCUT2D eigenvalue weighted by Crippen LogP contribution is -2.11. The summed E-state index contributed by atoms with van der Waals surface area (Å²) in [6, 6.07) is 4.91. The SMILES string of the molecule is COc1ccc(OCC([NH])=O)cc1OC. The number of hydrogen-bond donors (Lipinski definition) is 0. The van der Waals surface area contributed by atoms with Crippen LogP contribution in [0.25, 0.3) is 0 Å². The molecule has 0 saturated heterocycles. The summed E-state index contributed by atoms with van der Waals surface area (Å²) < 4.78 is 15.1. The fourth-order valence-electron chi connectivity index (χ4n) is 1.06. The van der Waals surface area contributed by atoms with E-state index in [4.69, 9.17) is 19.9 Å². The standard InChI is InChI=1S/C10H12NO4/c1-13-8-4-3-7(5-9(8)14-2)15-6-10(11)12/h3-5,11H,6H2,1-2H3. The van der Waals surface area contributed by atoms with Gasteiger partial charge in [-0.1, -0.05) is 0 Å². The third-order valence-electron chi connectivity index (χ3n) is 1.72. The Balaban J connectivity index is 2.78. The monoisotopic (exact) mass is 210 g/mol. The van der Waals surface area contributed by atoms with E-state index < -0.39 is 5.91 Å². The Morgan fingerprint density at radius 2 is 1.93 bits per heavy atom. The first kappa shape index (κ1) is 11.2. The molecule has 0 aromatic heterocycles. The molecule has 0 aliphatic carbocycles. The van der Waals surface area contributed by atoms with Gasteiger partial charge in [-0.15, -0.1) is 0 Å². The first-order valence-electron chi connectivity index (χ1n) is 4.26. The van der Waals surface area contributed by atoms with Crippen LogP contribution in [0.5, 0.6) is 17.2 Å². The first-order chi connectivity index (χ1) is 7.17.